The molecule has 1 saturated carbocycles. The van der Waals surface area contributed by atoms with Crippen LogP contribution >= 0.6 is 11.3 Å². The summed E-state index contributed by atoms with van der Waals surface area (Å²) in [5, 5.41) is 2.82. The van der Waals surface area contributed by atoms with Gasteiger partial charge in [-0.15, -0.1) is 11.3 Å². The van der Waals surface area contributed by atoms with Crippen LogP contribution < -0.4 is 15.8 Å². The van der Waals surface area contributed by atoms with Crippen molar-refractivity contribution in [2.45, 2.75) is 64.5 Å². The Morgan fingerprint density at radius 3 is 1.68 bits per heavy atom. The van der Waals surface area contributed by atoms with Gasteiger partial charge >= 0.3 is 12.1 Å². The number of halogens is 4. The Morgan fingerprint density at radius 1 is 0.691 bits per heavy atom. The number of esters is 1. The SMILES string of the molecule is CCCN(CCCNC(=O)OC1CCC1)C(=O)C1=Cc2sc(CN3CC4(CN(CCOCCOCCOCCOCCOCCOCCOCCOCCOCCOCCC(=O)Oc5c(F)c(F)cc(F)c5F)C4)C3)cc2N=C(N)C1. The summed E-state index contributed by atoms with van der Waals surface area (Å²) in [6.07, 6.45) is 5.95. The second kappa shape index (κ2) is 37.0. The fourth-order valence-electron chi connectivity index (χ4n) is 9.11. The predicted molar refractivity (Wildman–Crippen MR) is 291 cm³/mol. The molecule has 1 spiro atoms. The summed E-state index contributed by atoms with van der Waals surface area (Å²) < 4.78 is 118. The lowest BCUT2D eigenvalue weighted by Crippen LogP contribution is -2.71. The smallest absolute Gasteiger partial charge is 0.407 e. The number of aliphatic imine (C=N–C) groups is 1. The van der Waals surface area contributed by atoms with E-state index in [1.165, 1.54) is 4.88 Å². The van der Waals surface area contributed by atoms with Crippen molar-refractivity contribution in [1.82, 2.24) is 20.0 Å². The number of amidine groups is 1. The highest BCUT2D eigenvalue weighted by atomic mass is 32.1. The standard InChI is InChI=1S/C55H82F4N6O15S/c1-2-9-65(10-4-8-61-54(68)79-42-5-3-6-42)53(67)41-32-47-46(62-48(60)33-41)34-43(81-47)36-64-39-55(40-64)37-63(38-55)11-13-70-15-17-72-19-21-74-23-25-76-27-29-78-31-30-77-28-26-75-24-22-73-20-18-71-16-14-69-12-7-49(66)80-52-50(58)44(56)35-45(57)51(52)59/h32,34-35,42H,2-31,33,36-40H2,1H3,(H2,60,62)(H,61,68). The van der Waals surface area contributed by atoms with E-state index in [0.717, 1.165) is 75.5 Å². The lowest BCUT2D eigenvalue weighted by molar-refractivity contribution is -0.136. The number of hydrogen-bond donors (Lipinski definition) is 2. The van der Waals surface area contributed by atoms with Crippen LogP contribution in [-0.4, -0.2) is 229 Å². The third-order valence-electron chi connectivity index (χ3n) is 13.2. The number of nitrogens with two attached hydrogens (primary N) is 1. The molecule has 21 nitrogen and oxygen atoms in total. The zero-order chi connectivity index (χ0) is 57.5. The molecule has 4 heterocycles. The maximum absolute atomic E-state index is 13.8. The molecule has 3 fully saturated rings. The number of alkyl carbamates (subject to hydrolysis) is 1. The van der Waals surface area contributed by atoms with Gasteiger partial charge in [0, 0.05) is 87.3 Å². The Kier molecular flexibility index (Phi) is 30.0. The van der Waals surface area contributed by atoms with E-state index in [-0.39, 0.29) is 44.0 Å². The van der Waals surface area contributed by atoms with Crippen molar-refractivity contribution in [3.05, 3.63) is 50.7 Å². The summed E-state index contributed by atoms with van der Waals surface area (Å²) in [7, 11) is 0. The van der Waals surface area contributed by atoms with Crippen LogP contribution in [0.5, 0.6) is 5.75 Å². The van der Waals surface area contributed by atoms with E-state index in [1.54, 1.807) is 11.3 Å². The van der Waals surface area contributed by atoms with Crippen molar-refractivity contribution in [3.63, 3.8) is 0 Å². The number of fused-ring (bicyclic) bond motifs is 1. The molecule has 456 valence electrons. The van der Waals surface area contributed by atoms with Gasteiger partial charge < -0.3 is 72.8 Å². The van der Waals surface area contributed by atoms with Gasteiger partial charge in [-0.2, -0.15) is 8.78 Å². The number of ether oxygens (including phenoxy) is 12. The number of rotatable bonds is 44. The van der Waals surface area contributed by atoms with Gasteiger partial charge in [0.2, 0.25) is 23.3 Å². The Bertz CT molecular complexity index is 2240. The van der Waals surface area contributed by atoms with Gasteiger partial charge in [-0.25, -0.2) is 18.6 Å². The Morgan fingerprint density at radius 2 is 1.19 bits per heavy atom. The molecule has 6 rings (SSSR count). The largest absolute Gasteiger partial charge is 0.446 e. The molecule has 2 saturated heterocycles. The number of benzene rings is 1. The fraction of sp³-hybridized carbons (Fsp3) is 0.709. The lowest BCUT2D eigenvalue weighted by atomic mass is 9.73. The summed E-state index contributed by atoms with van der Waals surface area (Å²) in [5.41, 5.74) is 8.16. The number of thiophene rings is 1. The van der Waals surface area contributed by atoms with Crippen LogP contribution in [0.4, 0.5) is 28.0 Å². The minimum absolute atomic E-state index is 0.0186. The molecule has 0 unspecified atom stereocenters. The van der Waals surface area contributed by atoms with Crippen LogP contribution in [0, 0.1) is 28.7 Å². The van der Waals surface area contributed by atoms with Gasteiger partial charge in [-0.05, 0) is 44.2 Å². The zero-order valence-electron chi connectivity index (χ0n) is 46.7. The van der Waals surface area contributed by atoms with Gasteiger partial charge in [0.15, 0.2) is 11.6 Å². The highest BCUT2D eigenvalue weighted by Gasteiger charge is 2.51. The molecule has 1 aromatic carbocycles. The first-order chi connectivity index (χ1) is 39.4. The molecule has 0 atom stereocenters. The topological polar surface area (TPSA) is 222 Å². The number of likely N-dealkylation sites (tertiary alicyclic amines) is 2. The minimum Gasteiger partial charge on any atom is -0.446 e. The highest BCUT2D eigenvalue weighted by molar-refractivity contribution is 7.13. The number of nitrogens with one attached hydrogen (secondary N) is 1. The summed E-state index contributed by atoms with van der Waals surface area (Å²) in [4.78, 5) is 51.2. The number of amides is 2. The maximum Gasteiger partial charge on any atom is 0.407 e. The summed E-state index contributed by atoms with van der Waals surface area (Å²) >= 11 is 1.68. The third-order valence-corrected chi connectivity index (χ3v) is 14.3. The molecular formula is C55H82F4N6O15S. The predicted octanol–water partition coefficient (Wildman–Crippen LogP) is 5.27. The number of hydrogen-bond acceptors (Lipinski definition) is 20. The minimum atomic E-state index is -1.80. The molecule has 1 aromatic heterocycles. The van der Waals surface area contributed by atoms with Crippen LogP contribution in [0.3, 0.4) is 0 Å². The Balaban J connectivity index is 0.641. The van der Waals surface area contributed by atoms with E-state index in [4.69, 9.17) is 62.8 Å². The lowest BCUT2D eigenvalue weighted by Gasteiger charge is -2.60. The van der Waals surface area contributed by atoms with E-state index < -0.39 is 41.4 Å². The van der Waals surface area contributed by atoms with Crippen molar-refractivity contribution < 1.29 is 88.8 Å². The van der Waals surface area contributed by atoms with Gasteiger partial charge in [-0.3, -0.25) is 19.4 Å². The maximum atomic E-state index is 13.8. The highest BCUT2D eigenvalue weighted by Crippen LogP contribution is 2.42. The molecule has 2 aromatic rings. The number of carbonyl (C=O) groups excluding carboxylic acids is 3. The normalized spacial score (nSPS) is 16.0. The van der Waals surface area contributed by atoms with Crippen LogP contribution in [0.2, 0.25) is 0 Å². The van der Waals surface area contributed by atoms with Gasteiger partial charge in [0.05, 0.1) is 149 Å². The first kappa shape index (κ1) is 65.7. The second-order valence-electron chi connectivity index (χ2n) is 19.9. The molecule has 81 heavy (non-hydrogen) atoms. The van der Waals surface area contributed by atoms with Crippen molar-refractivity contribution in [3.8, 4) is 5.75 Å². The Labute approximate surface area is 475 Å². The average molecular weight is 1180 g/mol. The van der Waals surface area contributed by atoms with Gasteiger partial charge in [0.1, 0.15) is 11.9 Å². The van der Waals surface area contributed by atoms with Crippen molar-refractivity contribution in [1.29, 1.82) is 0 Å². The van der Waals surface area contributed by atoms with Gasteiger partial charge in [0.25, 0.3) is 0 Å². The van der Waals surface area contributed by atoms with Gasteiger partial charge in [-0.1, -0.05) is 6.92 Å². The molecule has 3 N–H and O–H groups in total. The van der Waals surface area contributed by atoms with Crippen LogP contribution in [0.1, 0.15) is 61.6 Å². The van der Waals surface area contributed by atoms with Crippen molar-refractivity contribution in [2.75, 3.05) is 184 Å². The van der Waals surface area contributed by atoms with Crippen LogP contribution in [0.25, 0.3) is 6.08 Å². The zero-order valence-corrected chi connectivity index (χ0v) is 47.5. The number of nitrogens with zero attached hydrogens (tertiary/aromatic N) is 4. The first-order valence-corrected chi connectivity index (χ1v) is 28.9. The van der Waals surface area contributed by atoms with E-state index in [0.29, 0.717) is 162 Å². The Hall–Kier alpha value is -4.42. The van der Waals surface area contributed by atoms with Crippen LogP contribution in [-0.2, 0) is 68.2 Å². The molecule has 0 radical (unpaired) electrons. The van der Waals surface area contributed by atoms with Crippen molar-refractivity contribution >= 4 is 46.9 Å². The third kappa shape index (κ3) is 24.0. The average Bonchev–Trinajstić information content (AvgIpc) is 3.11. The molecule has 26 heteroatoms. The summed E-state index contributed by atoms with van der Waals surface area (Å²) in [6, 6.07) is 2.13. The van der Waals surface area contributed by atoms with E-state index in [1.807, 2.05) is 11.0 Å². The second-order valence-corrected chi connectivity index (χ2v) is 21.1. The molecule has 0 bridgehead atoms. The molecule has 4 aliphatic rings. The molecule has 1 aliphatic carbocycles. The monoisotopic (exact) mass is 1170 g/mol. The summed E-state index contributed by atoms with van der Waals surface area (Å²) in [6.45, 7) is 17.4. The molecule has 2 amide bonds. The fourth-order valence-corrected chi connectivity index (χ4v) is 10.2. The van der Waals surface area contributed by atoms with E-state index >= 15 is 0 Å². The first-order valence-electron chi connectivity index (χ1n) is 28.1. The molecular weight excluding hydrogens is 1090 g/mol. The number of carbonyl (C=O) groups is 3. The van der Waals surface area contributed by atoms with E-state index in [2.05, 4.69) is 32.8 Å². The quantitative estimate of drug-likeness (QED) is 0.0284. The summed E-state index contributed by atoms with van der Waals surface area (Å²) in [5.74, 6) is -9.11. The van der Waals surface area contributed by atoms with Crippen LogP contribution in [0.15, 0.2) is 22.7 Å². The van der Waals surface area contributed by atoms with E-state index in [9.17, 15) is 31.9 Å². The molecule has 3 aliphatic heterocycles. The van der Waals surface area contributed by atoms with Crippen molar-refractivity contribution in [2.24, 2.45) is 16.1 Å².